The molecular formula is C11H12O4. The highest BCUT2D eigenvalue weighted by Crippen LogP contribution is 2.32. The van der Waals surface area contributed by atoms with E-state index in [9.17, 15) is 9.90 Å². The maximum atomic E-state index is 11.5. The van der Waals surface area contributed by atoms with Crippen molar-refractivity contribution < 1.29 is 19.4 Å². The average Bonchev–Trinajstić information content (AvgIpc) is 2.15. The molecule has 2 rings (SSSR count). The smallest absolute Gasteiger partial charge is 0.342 e. The van der Waals surface area contributed by atoms with Crippen molar-refractivity contribution in [3.63, 3.8) is 0 Å². The van der Waals surface area contributed by atoms with Crippen LogP contribution in [0.2, 0.25) is 0 Å². The third-order valence-corrected chi connectivity index (χ3v) is 2.43. The first kappa shape index (κ1) is 9.83. The Balaban J connectivity index is 2.54. The summed E-state index contributed by atoms with van der Waals surface area (Å²) in [6.07, 6.45) is 0.447. The van der Waals surface area contributed by atoms with Crippen LogP contribution < -0.4 is 4.74 Å². The van der Waals surface area contributed by atoms with Crippen LogP contribution in [0.4, 0.5) is 0 Å². The fraction of sp³-hybridized carbons (Fsp3) is 0.364. The van der Waals surface area contributed by atoms with Gasteiger partial charge in [-0.05, 0) is 18.6 Å². The highest BCUT2D eigenvalue weighted by Gasteiger charge is 2.27. The van der Waals surface area contributed by atoms with Gasteiger partial charge < -0.3 is 14.6 Å². The Kier molecular flexibility index (Phi) is 2.26. The molecule has 80 valence electrons. The first-order valence-electron chi connectivity index (χ1n) is 4.72. The lowest BCUT2D eigenvalue weighted by Gasteiger charge is -2.22. The number of phenolic OH excluding ortho intramolecular Hbond substituents is 1. The van der Waals surface area contributed by atoms with Gasteiger partial charge in [-0.1, -0.05) is 0 Å². The Morgan fingerprint density at radius 2 is 2.27 bits per heavy atom. The zero-order valence-electron chi connectivity index (χ0n) is 8.61. The van der Waals surface area contributed by atoms with Gasteiger partial charge in [-0.2, -0.15) is 0 Å². The summed E-state index contributed by atoms with van der Waals surface area (Å²) in [5.74, 6) is -0.00157. The third kappa shape index (κ3) is 1.63. The van der Waals surface area contributed by atoms with Gasteiger partial charge in [0.1, 0.15) is 23.2 Å². The maximum Gasteiger partial charge on any atom is 0.342 e. The molecule has 1 aromatic carbocycles. The molecule has 4 heteroatoms. The van der Waals surface area contributed by atoms with Gasteiger partial charge in [0.2, 0.25) is 0 Å². The van der Waals surface area contributed by atoms with Crippen LogP contribution in [0.25, 0.3) is 0 Å². The van der Waals surface area contributed by atoms with Crippen molar-refractivity contribution in [2.24, 2.45) is 0 Å². The van der Waals surface area contributed by atoms with Gasteiger partial charge in [-0.15, -0.1) is 0 Å². The van der Waals surface area contributed by atoms with E-state index in [2.05, 4.69) is 0 Å². The van der Waals surface area contributed by atoms with Crippen molar-refractivity contribution >= 4 is 5.97 Å². The largest absolute Gasteiger partial charge is 0.507 e. The molecule has 15 heavy (non-hydrogen) atoms. The lowest BCUT2D eigenvalue weighted by atomic mass is 9.98. The van der Waals surface area contributed by atoms with E-state index in [0.717, 1.165) is 5.56 Å². The second-order valence-electron chi connectivity index (χ2n) is 3.60. The zero-order valence-corrected chi connectivity index (χ0v) is 8.61. The van der Waals surface area contributed by atoms with Crippen molar-refractivity contribution in [2.75, 3.05) is 7.11 Å². The highest BCUT2D eigenvalue weighted by molar-refractivity contribution is 5.95. The first-order valence-corrected chi connectivity index (χ1v) is 4.72. The normalized spacial score (nSPS) is 19.3. The van der Waals surface area contributed by atoms with E-state index in [1.54, 1.807) is 6.07 Å². The summed E-state index contributed by atoms with van der Waals surface area (Å²) >= 11 is 0. The minimum absolute atomic E-state index is 0.0822. The molecule has 4 nitrogen and oxygen atoms in total. The molecule has 0 fully saturated rings. The number of fused-ring (bicyclic) bond motifs is 1. The van der Waals surface area contributed by atoms with Crippen LogP contribution in [0.15, 0.2) is 12.1 Å². The van der Waals surface area contributed by atoms with Crippen molar-refractivity contribution in [2.45, 2.75) is 19.4 Å². The van der Waals surface area contributed by atoms with Gasteiger partial charge in [-0.3, -0.25) is 0 Å². The van der Waals surface area contributed by atoms with Crippen molar-refractivity contribution in [3.05, 3.63) is 23.3 Å². The summed E-state index contributed by atoms with van der Waals surface area (Å²) in [6.45, 7) is 1.82. The first-order chi connectivity index (χ1) is 7.11. The molecule has 1 N–H and O–H groups in total. The lowest BCUT2D eigenvalue weighted by Crippen LogP contribution is -2.25. The molecule has 0 aliphatic carbocycles. The van der Waals surface area contributed by atoms with Gasteiger partial charge in [0, 0.05) is 12.5 Å². The number of esters is 1. The summed E-state index contributed by atoms with van der Waals surface area (Å²) in [7, 11) is 1.52. The molecule has 0 saturated heterocycles. The Hall–Kier alpha value is -1.71. The van der Waals surface area contributed by atoms with Gasteiger partial charge in [0.05, 0.1) is 7.11 Å². The number of methoxy groups -OCH3 is 1. The Morgan fingerprint density at radius 3 is 2.93 bits per heavy atom. The van der Waals surface area contributed by atoms with E-state index in [1.165, 1.54) is 13.2 Å². The number of hydrogen-bond acceptors (Lipinski definition) is 4. The average molecular weight is 208 g/mol. The fourth-order valence-corrected chi connectivity index (χ4v) is 1.76. The van der Waals surface area contributed by atoms with Crippen LogP contribution in [-0.2, 0) is 11.2 Å². The minimum Gasteiger partial charge on any atom is -0.507 e. The summed E-state index contributed by atoms with van der Waals surface area (Å²) < 4.78 is 10.0. The van der Waals surface area contributed by atoms with E-state index >= 15 is 0 Å². The van der Waals surface area contributed by atoms with Gasteiger partial charge >= 0.3 is 5.97 Å². The monoisotopic (exact) mass is 208 g/mol. The van der Waals surface area contributed by atoms with Crippen LogP contribution in [0.1, 0.15) is 22.8 Å². The molecule has 1 heterocycles. The fourth-order valence-electron chi connectivity index (χ4n) is 1.76. The van der Waals surface area contributed by atoms with Crippen molar-refractivity contribution in [1.29, 1.82) is 0 Å². The second kappa shape index (κ2) is 3.46. The molecular weight excluding hydrogens is 196 g/mol. The molecule has 0 saturated carbocycles. The molecule has 1 aliphatic rings. The number of cyclic esters (lactones) is 1. The van der Waals surface area contributed by atoms with Crippen LogP contribution in [0.5, 0.6) is 11.5 Å². The number of carbonyl (C=O) groups is 1. The SMILES string of the molecule is COc1cc(O)c2c(c1)C[C@H](C)OC2=O. The van der Waals surface area contributed by atoms with Crippen LogP contribution in [0, 0.1) is 0 Å². The number of rotatable bonds is 1. The molecule has 0 unspecified atom stereocenters. The summed E-state index contributed by atoms with van der Waals surface area (Å²) in [5, 5.41) is 9.64. The van der Waals surface area contributed by atoms with Gasteiger partial charge in [0.15, 0.2) is 0 Å². The van der Waals surface area contributed by atoms with E-state index < -0.39 is 5.97 Å². The standard InChI is InChI=1S/C11H12O4/c1-6-3-7-4-8(14-2)5-9(12)10(7)11(13)15-6/h4-6,12H,3H2,1-2H3/t6-/m0/s1. The quantitative estimate of drug-likeness (QED) is 0.710. The van der Waals surface area contributed by atoms with Crippen LogP contribution in [0.3, 0.4) is 0 Å². The number of benzene rings is 1. The molecule has 0 aromatic heterocycles. The third-order valence-electron chi connectivity index (χ3n) is 2.43. The number of aromatic hydroxyl groups is 1. The van der Waals surface area contributed by atoms with Crippen molar-refractivity contribution in [1.82, 2.24) is 0 Å². The van der Waals surface area contributed by atoms with Crippen LogP contribution in [-0.4, -0.2) is 24.3 Å². The summed E-state index contributed by atoms with van der Waals surface area (Å²) in [6, 6.07) is 3.17. The van der Waals surface area contributed by atoms with Crippen LogP contribution >= 0.6 is 0 Å². The molecule has 1 aromatic rings. The van der Waals surface area contributed by atoms with E-state index in [4.69, 9.17) is 9.47 Å². The Bertz CT molecular complexity index is 411. The number of carbonyl (C=O) groups excluding carboxylic acids is 1. The zero-order chi connectivity index (χ0) is 11.0. The molecule has 0 radical (unpaired) electrons. The highest BCUT2D eigenvalue weighted by atomic mass is 16.5. The lowest BCUT2D eigenvalue weighted by molar-refractivity contribution is 0.0297. The topological polar surface area (TPSA) is 55.8 Å². The molecule has 0 spiro atoms. The molecule has 0 bridgehead atoms. The van der Waals surface area contributed by atoms with Crippen molar-refractivity contribution in [3.8, 4) is 11.5 Å². The van der Waals surface area contributed by atoms with E-state index in [0.29, 0.717) is 12.2 Å². The summed E-state index contributed by atoms with van der Waals surface area (Å²) in [4.78, 5) is 11.5. The van der Waals surface area contributed by atoms with E-state index in [-0.39, 0.29) is 17.4 Å². The molecule has 1 aliphatic heterocycles. The molecule has 1 atom stereocenters. The maximum absolute atomic E-state index is 11.5. The second-order valence-corrected chi connectivity index (χ2v) is 3.60. The summed E-state index contributed by atoms with van der Waals surface area (Å²) in [5.41, 5.74) is 1.03. The number of hydrogen-bond donors (Lipinski definition) is 1. The minimum atomic E-state index is -0.469. The predicted octanol–water partition coefficient (Wildman–Crippen LogP) is 1.50. The van der Waals surface area contributed by atoms with Gasteiger partial charge in [0.25, 0.3) is 0 Å². The van der Waals surface area contributed by atoms with Gasteiger partial charge in [-0.25, -0.2) is 4.79 Å². The van der Waals surface area contributed by atoms with E-state index in [1.807, 2.05) is 6.92 Å². The Labute approximate surface area is 87.4 Å². The predicted molar refractivity (Wildman–Crippen MR) is 53.2 cm³/mol. The number of ether oxygens (including phenoxy) is 2. The number of phenols is 1. The Morgan fingerprint density at radius 1 is 1.53 bits per heavy atom. The molecule has 0 amide bonds.